The lowest BCUT2D eigenvalue weighted by Gasteiger charge is -2.15. The molecule has 0 aliphatic carbocycles. The summed E-state index contributed by atoms with van der Waals surface area (Å²) in [6.07, 6.45) is -0.913. The third-order valence-electron chi connectivity index (χ3n) is 2.72. The van der Waals surface area contributed by atoms with Gasteiger partial charge in [-0.25, -0.2) is 4.68 Å². The van der Waals surface area contributed by atoms with Gasteiger partial charge in [0.2, 0.25) is 0 Å². The second kappa shape index (κ2) is 6.93. The van der Waals surface area contributed by atoms with Crippen LogP contribution in [0.4, 0.5) is 0 Å². The Morgan fingerprint density at radius 1 is 1.29 bits per heavy atom. The van der Waals surface area contributed by atoms with Gasteiger partial charge in [-0.1, -0.05) is 29.3 Å². The Labute approximate surface area is 131 Å². The number of benzene rings is 1. The van der Waals surface area contributed by atoms with E-state index in [9.17, 15) is 9.90 Å². The van der Waals surface area contributed by atoms with Gasteiger partial charge in [0.15, 0.2) is 5.75 Å². The molecule has 1 N–H and O–H groups in total. The minimum Gasteiger partial charge on any atom is -0.488 e. The summed E-state index contributed by atoms with van der Waals surface area (Å²) in [5.41, 5.74) is 0.410. The van der Waals surface area contributed by atoms with Crippen molar-refractivity contribution in [1.29, 1.82) is 0 Å². The number of para-hydroxylation sites is 1. The second-order valence-electron chi connectivity index (χ2n) is 4.51. The van der Waals surface area contributed by atoms with Crippen molar-refractivity contribution in [2.75, 3.05) is 6.61 Å². The van der Waals surface area contributed by atoms with Crippen molar-refractivity contribution in [1.82, 2.24) is 9.78 Å². The molecule has 0 aliphatic rings. The molecular formula is C14H14Cl2N2O3. The molecule has 1 unspecified atom stereocenters. The maximum atomic E-state index is 11.6. The van der Waals surface area contributed by atoms with Crippen LogP contribution in [0.2, 0.25) is 10.0 Å². The van der Waals surface area contributed by atoms with Gasteiger partial charge in [-0.3, -0.25) is 4.79 Å². The Kier molecular flexibility index (Phi) is 5.22. The monoisotopic (exact) mass is 328 g/mol. The third-order valence-corrected chi connectivity index (χ3v) is 3.32. The summed E-state index contributed by atoms with van der Waals surface area (Å²) in [5, 5.41) is 14.7. The minimum absolute atomic E-state index is 0.0303. The van der Waals surface area contributed by atoms with E-state index in [1.54, 1.807) is 31.2 Å². The summed E-state index contributed by atoms with van der Waals surface area (Å²) in [4.78, 5) is 11.6. The predicted octanol–water partition coefficient (Wildman–Crippen LogP) is 2.30. The Morgan fingerprint density at radius 2 is 1.95 bits per heavy atom. The highest BCUT2D eigenvalue weighted by Crippen LogP contribution is 2.32. The molecule has 112 valence electrons. The zero-order valence-corrected chi connectivity index (χ0v) is 12.8. The van der Waals surface area contributed by atoms with Gasteiger partial charge in [-0.2, -0.15) is 5.10 Å². The van der Waals surface area contributed by atoms with Crippen LogP contribution < -0.4 is 10.3 Å². The van der Waals surface area contributed by atoms with Gasteiger partial charge in [-0.05, 0) is 25.1 Å². The zero-order valence-electron chi connectivity index (χ0n) is 11.3. The molecule has 0 amide bonds. The van der Waals surface area contributed by atoms with Gasteiger partial charge in [0.05, 0.1) is 22.3 Å². The molecule has 0 saturated heterocycles. The second-order valence-corrected chi connectivity index (χ2v) is 5.33. The maximum absolute atomic E-state index is 11.6. The molecule has 0 fully saturated rings. The SMILES string of the molecule is Cc1ccc(=O)n(CC(O)COc2c(Cl)cccc2Cl)n1. The lowest BCUT2D eigenvalue weighted by atomic mass is 10.3. The molecule has 21 heavy (non-hydrogen) atoms. The van der Waals surface area contributed by atoms with Crippen LogP contribution in [0.25, 0.3) is 0 Å². The number of aliphatic hydroxyl groups is 1. The van der Waals surface area contributed by atoms with Crippen LogP contribution in [0.1, 0.15) is 5.69 Å². The first-order chi connectivity index (χ1) is 9.97. The van der Waals surface area contributed by atoms with Crippen molar-refractivity contribution in [2.45, 2.75) is 19.6 Å². The summed E-state index contributed by atoms with van der Waals surface area (Å²) < 4.78 is 6.61. The third kappa shape index (κ3) is 4.20. The molecule has 0 spiro atoms. The number of aliphatic hydroxyl groups excluding tert-OH is 1. The normalized spacial score (nSPS) is 12.2. The number of nitrogens with zero attached hydrogens (tertiary/aromatic N) is 2. The van der Waals surface area contributed by atoms with Crippen LogP contribution in [0.5, 0.6) is 5.75 Å². The first-order valence-corrected chi connectivity index (χ1v) is 7.02. The van der Waals surface area contributed by atoms with Crippen molar-refractivity contribution >= 4 is 23.2 Å². The number of hydrogen-bond donors (Lipinski definition) is 1. The standard InChI is InChI=1S/C14H14Cl2N2O3/c1-9-5-6-13(20)18(17-9)7-10(19)8-21-14-11(15)3-2-4-12(14)16/h2-6,10,19H,7-8H2,1H3. The predicted molar refractivity (Wildman–Crippen MR) is 81.2 cm³/mol. The zero-order chi connectivity index (χ0) is 15.4. The Morgan fingerprint density at radius 3 is 2.62 bits per heavy atom. The highest BCUT2D eigenvalue weighted by molar-refractivity contribution is 6.37. The average Bonchev–Trinajstić information content (AvgIpc) is 2.42. The summed E-state index contributed by atoms with van der Waals surface area (Å²) in [5.74, 6) is 0.310. The van der Waals surface area contributed by atoms with Gasteiger partial charge >= 0.3 is 0 Å². The van der Waals surface area contributed by atoms with E-state index in [1.807, 2.05) is 0 Å². The lowest BCUT2D eigenvalue weighted by Crippen LogP contribution is -2.31. The van der Waals surface area contributed by atoms with Crippen LogP contribution in [-0.4, -0.2) is 27.6 Å². The van der Waals surface area contributed by atoms with Crippen LogP contribution in [-0.2, 0) is 6.54 Å². The molecule has 1 aromatic carbocycles. The molecule has 0 saturated carbocycles. The number of hydrogen-bond acceptors (Lipinski definition) is 4. The van der Waals surface area contributed by atoms with Gasteiger partial charge in [-0.15, -0.1) is 0 Å². The Balaban J connectivity index is 2.01. The fourth-order valence-electron chi connectivity index (χ4n) is 1.73. The fraction of sp³-hybridized carbons (Fsp3) is 0.286. The van der Waals surface area contributed by atoms with Gasteiger partial charge in [0, 0.05) is 6.07 Å². The Bertz CT molecular complexity index is 668. The summed E-state index contributed by atoms with van der Waals surface area (Å²) in [6, 6.07) is 8.00. The molecule has 2 rings (SSSR count). The van der Waals surface area contributed by atoms with Gasteiger partial charge < -0.3 is 9.84 Å². The number of halogens is 2. The van der Waals surface area contributed by atoms with Crippen molar-refractivity contribution in [3.05, 3.63) is 56.4 Å². The minimum atomic E-state index is -0.913. The first-order valence-electron chi connectivity index (χ1n) is 6.27. The average molecular weight is 329 g/mol. The van der Waals surface area contributed by atoms with Crippen molar-refractivity contribution in [3.8, 4) is 5.75 Å². The number of aromatic nitrogens is 2. The molecular weight excluding hydrogens is 315 g/mol. The first kappa shape index (κ1) is 15.8. The van der Waals surface area contributed by atoms with E-state index in [0.717, 1.165) is 0 Å². The topological polar surface area (TPSA) is 64.4 Å². The lowest BCUT2D eigenvalue weighted by molar-refractivity contribution is 0.0879. The molecule has 1 aromatic heterocycles. The van der Waals surface area contributed by atoms with E-state index in [-0.39, 0.29) is 18.7 Å². The molecule has 0 bridgehead atoms. The molecule has 1 heterocycles. The smallest absolute Gasteiger partial charge is 0.266 e. The van der Waals surface area contributed by atoms with Crippen LogP contribution in [0, 0.1) is 6.92 Å². The van der Waals surface area contributed by atoms with Crippen molar-refractivity contribution in [3.63, 3.8) is 0 Å². The van der Waals surface area contributed by atoms with Gasteiger partial charge in [0.1, 0.15) is 12.7 Å². The number of rotatable bonds is 5. The van der Waals surface area contributed by atoms with Gasteiger partial charge in [0.25, 0.3) is 5.56 Å². The van der Waals surface area contributed by atoms with E-state index in [0.29, 0.717) is 21.5 Å². The van der Waals surface area contributed by atoms with E-state index in [2.05, 4.69) is 5.10 Å². The van der Waals surface area contributed by atoms with Crippen molar-refractivity contribution < 1.29 is 9.84 Å². The summed E-state index contributed by atoms with van der Waals surface area (Å²) in [7, 11) is 0. The van der Waals surface area contributed by atoms with Crippen LogP contribution >= 0.6 is 23.2 Å². The number of ether oxygens (including phenoxy) is 1. The van der Waals surface area contributed by atoms with E-state index in [4.69, 9.17) is 27.9 Å². The van der Waals surface area contributed by atoms with E-state index < -0.39 is 6.10 Å². The molecule has 0 aliphatic heterocycles. The fourth-order valence-corrected chi connectivity index (χ4v) is 2.24. The van der Waals surface area contributed by atoms with Crippen LogP contribution in [0.15, 0.2) is 35.1 Å². The Hall–Kier alpha value is -1.56. The van der Waals surface area contributed by atoms with E-state index in [1.165, 1.54) is 10.7 Å². The number of aryl methyl sites for hydroxylation is 1. The van der Waals surface area contributed by atoms with Crippen molar-refractivity contribution in [2.24, 2.45) is 0 Å². The quantitative estimate of drug-likeness (QED) is 0.914. The molecule has 0 radical (unpaired) electrons. The highest BCUT2D eigenvalue weighted by Gasteiger charge is 2.12. The summed E-state index contributed by atoms with van der Waals surface area (Å²) in [6.45, 7) is 1.75. The van der Waals surface area contributed by atoms with E-state index >= 15 is 0 Å². The molecule has 2 aromatic rings. The largest absolute Gasteiger partial charge is 0.488 e. The highest BCUT2D eigenvalue weighted by atomic mass is 35.5. The molecule has 5 nitrogen and oxygen atoms in total. The molecule has 7 heteroatoms. The summed E-state index contributed by atoms with van der Waals surface area (Å²) >= 11 is 11.9. The molecule has 1 atom stereocenters. The van der Waals surface area contributed by atoms with Crippen LogP contribution in [0.3, 0.4) is 0 Å². The maximum Gasteiger partial charge on any atom is 0.266 e.